The largest absolute Gasteiger partial charge is 0.497 e. The fraction of sp³-hybridized carbons (Fsp3) is 0.0556. The van der Waals surface area contributed by atoms with Crippen LogP contribution in [-0.4, -0.2) is 26.6 Å². The third-order valence-electron chi connectivity index (χ3n) is 3.91. The van der Waals surface area contributed by atoms with Crippen molar-refractivity contribution in [3.63, 3.8) is 0 Å². The summed E-state index contributed by atoms with van der Waals surface area (Å²) in [6.45, 7) is 0. The summed E-state index contributed by atoms with van der Waals surface area (Å²) in [5.41, 5.74) is 1.00. The molecule has 0 saturated heterocycles. The molecule has 0 bridgehead atoms. The molecule has 134 valence electrons. The third-order valence-corrected chi connectivity index (χ3v) is 4.87. The van der Waals surface area contributed by atoms with Crippen LogP contribution in [0.4, 0.5) is 5.69 Å². The lowest BCUT2D eigenvalue weighted by Crippen LogP contribution is -2.23. The Kier molecular flexibility index (Phi) is 4.13. The standard InChI is InChI=1S/C18H12N4O4S/c1-26-14-7-5-12(6-8-14)16-19-18-21(20-16)17(23)15(27-18)10-11-3-2-4-13(9-11)22(24)25/h2-10H,1H3/b15-10+. The Labute approximate surface area is 156 Å². The molecule has 0 N–H and O–H groups in total. The average Bonchev–Trinajstić information content (AvgIpc) is 3.22. The van der Waals surface area contributed by atoms with Gasteiger partial charge in [-0.3, -0.25) is 14.9 Å². The second-order valence-electron chi connectivity index (χ2n) is 5.63. The molecule has 4 rings (SSSR count). The van der Waals surface area contributed by atoms with Gasteiger partial charge in [0.05, 0.1) is 16.6 Å². The van der Waals surface area contributed by atoms with Crippen molar-refractivity contribution in [2.45, 2.75) is 0 Å². The summed E-state index contributed by atoms with van der Waals surface area (Å²) in [6, 6.07) is 13.3. The first-order chi connectivity index (χ1) is 13.0. The van der Waals surface area contributed by atoms with Crippen LogP contribution in [0, 0.1) is 10.1 Å². The van der Waals surface area contributed by atoms with Gasteiger partial charge in [0, 0.05) is 17.7 Å². The molecule has 0 aliphatic rings. The molecule has 0 aliphatic heterocycles. The Balaban J connectivity index is 1.75. The summed E-state index contributed by atoms with van der Waals surface area (Å²) in [6.07, 6.45) is 1.60. The molecule has 0 saturated carbocycles. The van der Waals surface area contributed by atoms with Gasteiger partial charge < -0.3 is 4.74 Å². The van der Waals surface area contributed by atoms with Crippen molar-refractivity contribution in [1.82, 2.24) is 14.6 Å². The van der Waals surface area contributed by atoms with E-state index in [1.54, 1.807) is 37.5 Å². The first-order valence-electron chi connectivity index (χ1n) is 7.85. The molecule has 0 radical (unpaired) electrons. The normalized spacial score (nSPS) is 11.8. The SMILES string of the molecule is COc1ccc(-c2nc3s/c(=C/c4cccc([N+](=O)[O-])c4)c(=O)n3n2)cc1. The number of nitro groups is 1. The van der Waals surface area contributed by atoms with E-state index in [4.69, 9.17) is 4.74 Å². The van der Waals surface area contributed by atoms with E-state index in [1.165, 1.54) is 28.0 Å². The number of benzene rings is 2. The summed E-state index contributed by atoms with van der Waals surface area (Å²) in [5, 5.41) is 15.2. The number of nitro benzene ring substituents is 1. The van der Waals surface area contributed by atoms with Crippen molar-refractivity contribution in [3.8, 4) is 17.1 Å². The molecule has 9 heteroatoms. The van der Waals surface area contributed by atoms with Gasteiger partial charge in [0.1, 0.15) is 5.75 Å². The zero-order valence-corrected chi connectivity index (χ0v) is 14.8. The summed E-state index contributed by atoms with van der Waals surface area (Å²) < 4.78 is 6.78. The number of thiazole rings is 1. The molecule has 0 atom stereocenters. The van der Waals surface area contributed by atoms with Crippen molar-refractivity contribution in [1.29, 1.82) is 0 Å². The maximum absolute atomic E-state index is 12.6. The fourth-order valence-corrected chi connectivity index (χ4v) is 3.48. The Hall–Kier alpha value is -3.59. The van der Waals surface area contributed by atoms with Crippen LogP contribution in [0.5, 0.6) is 5.75 Å². The molecular weight excluding hydrogens is 368 g/mol. The Morgan fingerprint density at radius 2 is 2.00 bits per heavy atom. The van der Waals surface area contributed by atoms with E-state index >= 15 is 0 Å². The molecule has 2 aromatic heterocycles. The Bertz CT molecular complexity index is 1260. The van der Waals surface area contributed by atoms with Crippen LogP contribution in [-0.2, 0) is 0 Å². The predicted molar refractivity (Wildman–Crippen MR) is 101 cm³/mol. The van der Waals surface area contributed by atoms with Crippen LogP contribution in [0.3, 0.4) is 0 Å². The summed E-state index contributed by atoms with van der Waals surface area (Å²) in [7, 11) is 1.59. The monoisotopic (exact) mass is 380 g/mol. The van der Waals surface area contributed by atoms with Crippen molar-refractivity contribution >= 4 is 28.1 Å². The number of methoxy groups -OCH3 is 1. The van der Waals surface area contributed by atoms with Gasteiger partial charge in [-0.15, -0.1) is 5.10 Å². The van der Waals surface area contributed by atoms with E-state index < -0.39 is 4.92 Å². The van der Waals surface area contributed by atoms with Gasteiger partial charge in [0.2, 0.25) is 4.96 Å². The average molecular weight is 380 g/mol. The number of rotatable bonds is 4. The highest BCUT2D eigenvalue weighted by Crippen LogP contribution is 2.20. The van der Waals surface area contributed by atoms with Gasteiger partial charge in [-0.05, 0) is 35.9 Å². The van der Waals surface area contributed by atoms with E-state index in [2.05, 4.69) is 10.1 Å². The number of ether oxygens (including phenoxy) is 1. The molecular formula is C18H12N4O4S. The highest BCUT2D eigenvalue weighted by atomic mass is 32.1. The number of non-ortho nitro benzene ring substituents is 1. The summed E-state index contributed by atoms with van der Waals surface area (Å²) in [4.78, 5) is 27.9. The number of hydrogen-bond donors (Lipinski definition) is 0. The number of fused-ring (bicyclic) bond motifs is 1. The van der Waals surface area contributed by atoms with Gasteiger partial charge in [-0.1, -0.05) is 23.5 Å². The molecule has 27 heavy (non-hydrogen) atoms. The molecule has 0 fully saturated rings. The van der Waals surface area contributed by atoms with E-state index in [9.17, 15) is 14.9 Å². The van der Waals surface area contributed by atoms with E-state index in [-0.39, 0.29) is 11.2 Å². The number of hydrogen-bond acceptors (Lipinski definition) is 7. The Morgan fingerprint density at radius 1 is 1.22 bits per heavy atom. The maximum Gasteiger partial charge on any atom is 0.291 e. The zero-order chi connectivity index (χ0) is 19.0. The van der Waals surface area contributed by atoms with Gasteiger partial charge >= 0.3 is 0 Å². The third kappa shape index (κ3) is 3.15. The van der Waals surface area contributed by atoms with E-state index in [0.29, 0.717) is 20.9 Å². The highest BCUT2D eigenvalue weighted by Gasteiger charge is 2.12. The van der Waals surface area contributed by atoms with Crippen LogP contribution in [0.25, 0.3) is 22.4 Å². The quantitative estimate of drug-likeness (QED) is 0.398. The van der Waals surface area contributed by atoms with Crippen LogP contribution < -0.4 is 14.8 Å². The molecule has 0 unspecified atom stereocenters. The van der Waals surface area contributed by atoms with Gasteiger partial charge in [-0.2, -0.15) is 9.50 Å². The van der Waals surface area contributed by atoms with Crippen molar-refractivity contribution in [2.24, 2.45) is 0 Å². The fourth-order valence-electron chi connectivity index (χ4n) is 2.58. The second-order valence-corrected chi connectivity index (χ2v) is 6.64. The maximum atomic E-state index is 12.6. The van der Waals surface area contributed by atoms with Gasteiger partial charge in [0.25, 0.3) is 11.2 Å². The minimum Gasteiger partial charge on any atom is -0.497 e. The lowest BCUT2D eigenvalue weighted by atomic mass is 10.2. The first-order valence-corrected chi connectivity index (χ1v) is 8.67. The molecule has 2 heterocycles. The van der Waals surface area contributed by atoms with Crippen LogP contribution >= 0.6 is 11.3 Å². The second kappa shape index (κ2) is 6.61. The molecule has 8 nitrogen and oxygen atoms in total. The smallest absolute Gasteiger partial charge is 0.291 e. The molecule has 2 aromatic carbocycles. The van der Waals surface area contributed by atoms with Gasteiger partial charge in [-0.25, -0.2) is 0 Å². The minimum absolute atomic E-state index is 0.0301. The Morgan fingerprint density at radius 3 is 2.67 bits per heavy atom. The van der Waals surface area contributed by atoms with Crippen LogP contribution in [0.15, 0.2) is 53.3 Å². The molecule has 0 aliphatic carbocycles. The van der Waals surface area contributed by atoms with E-state index in [1.807, 2.05) is 12.1 Å². The minimum atomic E-state index is -0.473. The highest BCUT2D eigenvalue weighted by molar-refractivity contribution is 7.15. The number of aromatic nitrogens is 3. The summed E-state index contributed by atoms with van der Waals surface area (Å²) in [5.74, 6) is 1.17. The lowest BCUT2D eigenvalue weighted by Gasteiger charge is -1.99. The van der Waals surface area contributed by atoms with E-state index in [0.717, 1.165) is 11.3 Å². The molecule has 0 amide bonds. The summed E-state index contributed by atoms with van der Waals surface area (Å²) >= 11 is 1.18. The topological polar surface area (TPSA) is 99.6 Å². The van der Waals surface area contributed by atoms with Crippen LogP contribution in [0.1, 0.15) is 5.56 Å². The molecule has 4 aromatic rings. The van der Waals surface area contributed by atoms with Crippen molar-refractivity contribution in [3.05, 3.63) is 79.1 Å². The number of nitrogens with zero attached hydrogens (tertiary/aromatic N) is 4. The predicted octanol–water partition coefficient (Wildman–Crippen LogP) is 2.28. The van der Waals surface area contributed by atoms with Crippen molar-refractivity contribution < 1.29 is 9.66 Å². The van der Waals surface area contributed by atoms with Crippen LogP contribution in [0.2, 0.25) is 0 Å². The van der Waals surface area contributed by atoms with Crippen molar-refractivity contribution in [2.75, 3.05) is 7.11 Å². The zero-order valence-electron chi connectivity index (χ0n) is 14.0. The van der Waals surface area contributed by atoms with Gasteiger partial charge in [0.15, 0.2) is 5.82 Å². The first kappa shape index (κ1) is 16.9. The molecule has 0 spiro atoms. The lowest BCUT2D eigenvalue weighted by molar-refractivity contribution is -0.384.